The molecule has 0 saturated carbocycles. The van der Waals surface area contributed by atoms with Crippen molar-refractivity contribution >= 4 is 0 Å². The minimum Gasteiger partial charge on any atom is -0.508 e. The van der Waals surface area contributed by atoms with Crippen molar-refractivity contribution in [3.63, 3.8) is 0 Å². The number of phenols is 1. The summed E-state index contributed by atoms with van der Waals surface area (Å²) in [6, 6.07) is 18.0. The second-order valence-electron chi connectivity index (χ2n) is 5.77. The van der Waals surface area contributed by atoms with Gasteiger partial charge in [0, 0.05) is 11.5 Å². The van der Waals surface area contributed by atoms with Gasteiger partial charge in [0.1, 0.15) is 5.75 Å². The first-order valence-electron chi connectivity index (χ1n) is 6.33. The summed E-state index contributed by atoms with van der Waals surface area (Å²) >= 11 is 0. The van der Waals surface area contributed by atoms with Crippen LogP contribution in [0.15, 0.2) is 54.6 Å². The molecule has 1 unspecified atom stereocenters. The molecule has 94 valence electrons. The van der Waals surface area contributed by atoms with Crippen LogP contribution in [0.2, 0.25) is 0 Å². The lowest BCUT2D eigenvalue weighted by molar-refractivity contribution is 0.347. The fraction of sp³-hybridized carbons (Fsp3) is 0.294. The summed E-state index contributed by atoms with van der Waals surface area (Å²) in [6.07, 6.45) is 0. The highest BCUT2D eigenvalue weighted by Crippen LogP contribution is 2.43. The summed E-state index contributed by atoms with van der Waals surface area (Å²) < 4.78 is 0. The van der Waals surface area contributed by atoms with Crippen molar-refractivity contribution in [3.8, 4) is 5.75 Å². The molecule has 0 radical (unpaired) electrons. The summed E-state index contributed by atoms with van der Waals surface area (Å²) in [5.74, 6) is 0.571. The van der Waals surface area contributed by atoms with Gasteiger partial charge in [0.25, 0.3) is 0 Å². The van der Waals surface area contributed by atoms with Crippen molar-refractivity contribution in [2.24, 2.45) is 5.41 Å². The van der Waals surface area contributed by atoms with Crippen molar-refractivity contribution in [2.45, 2.75) is 26.7 Å². The molecule has 2 aromatic rings. The molecule has 1 nitrogen and oxygen atoms in total. The Morgan fingerprint density at radius 1 is 0.833 bits per heavy atom. The van der Waals surface area contributed by atoms with E-state index in [2.05, 4.69) is 32.9 Å². The van der Waals surface area contributed by atoms with Crippen LogP contribution in [0.4, 0.5) is 0 Å². The first kappa shape index (κ1) is 12.7. The lowest BCUT2D eigenvalue weighted by Gasteiger charge is -2.32. The van der Waals surface area contributed by atoms with E-state index in [1.54, 1.807) is 6.07 Å². The van der Waals surface area contributed by atoms with E-state index in [-0.39, 0.29) is 11.3 Å². The smallest absolute Gasteiger partial charge is 0.119 e. The van der Waals surface area contributed by atoms with Gasteiger partial charge in [0.2, 0.25) is 0 Å². The minimum atomic E-state index is 0.0557. The first-order chi connectivity index (χ1) is 8.50. The summed E-state index contributed by atoms with van der Waals surface area (Å²) in [6.45, 7) is 6.62. The number of rotatable bonds is 2. The Kier molecular flexibility index (Phi) is 3.42. The van der Waals surface area contributed by atoms with Gasteiger partial charge in [-0.15, -0.1) is 0 Å². The SMILES string of the molecule is CC(C)(C)C(c1ccccc1)c1ccccc1O. The molecule has 1 heteroatoms. The summed E-state index contributed by atoms with van der Waals surface area (Å²) in [4.78, 5) is 0. The van der Waals surface area contributed by atoms with Crippen LogP contribution in [0.25, 0.3) is 0 Å². The van der Waals surface area contributed by atoms with Crippen molar-refractivity contribution in [1.29, 1.82) is 0 Å². The maximum atomic E-state index is 10.1. The number of aromatic hydroxyl groups is 1. The second kappa shape index (κ2) is 4.85. The van der Waals surface area contributed by atoms with E-state index in [1.165, 1.54) is 5.56 Å². The van der Waals surface area contributed by atoms with Gasteiger partial charge < -0.3 is 5.11 Å². The molecule has 0 aliphatic carbocycles. The van der Waals surface area contributed by atoms with Crippen LogP contribution in [0.1, 0.15) is 37.8 Å². The molecular weight excluding hydrogens is 220 g/mol. The van der Waals surface area contributed by atoms with E-state index in [0.717, 1.165) is 5.56 Å². The van der Waals surface area contributed by atoms with E-state index >= 15 is 0 Å². The van der Waals surface area contributed by atoms with Gasteiger partial charge in [0.05, 0.1) is 0 Å². The maximum absolute atomic E-state index is 10.1. The molecule has 0 aliphatic heterocycles. The Balaban J connectivity index is 2.55. The molecule has 0 aromatic heterocycles. The van der Waals surface area contributed by atoms with E-state index in [9.17, 15) is 5.11 Å². The standard InChI is InChI=1S/C17H20O/c1-17(2,3)16(13-9-5-4-6-10-13)14-11-7-8-12-15(14)18/h4-12,16,18H,1-3H3. The number of hydrogen-bond donors (Lipinski definition) is 1. The topological polar surface area (TPSA) is 20.2 Å². The van der Waals surface area contributed by atoms with Crippen molar-refractivity contribution in [3.05, 3.63) is 65.7 Å². The molecule has 0 aliphatic rings. The average molecular weight is 240 g/mol. The Labute approximate surface area is 109 Å². The van der Waals surface area contributed by atoms with Crippen molar-refractivity contribution in [1.82, 2.24) is 0 Å². The lowest BCUT2D eigenvalue weighted by Crippen LogP contribution is -2.19. The third-order valence-corrected chi connectivity index (χ3v) is 3.25. The van der Waals surface area contributed by atoms with E-state index < -0.39 is 0 Å². The minimum absolute atomic E-state index is 0.0557. The van der Waals surface area contributed by atoms with Crippen LogP contribution in [-0.2, 0) is 0 Å². The van der Waals surface area contributed by atoms with Gasteiger partial charge in [-0.2, -0.15) is 0 Å². The van der Waals surface area contributed by atoms with Crippen LogP contribution >= 0.6 is 0 Å². The summed E-state index contributed by atoms with van der Waals surface area (Å²) in [5.41, 5.74) is 2.29. The predicted octanol–water partition coefficient (Wildman–Crippen LogP) is 4.57. The first-order valence-corrected chi connectivity index (χ1v) is 6.33. The molecule has 0 spiro atoms. The Hall–Kier alpha value is -1.76. The molecule has 2 rings (SSSR count). The van der Waals surface area contributed by atoms with Gasteiger partial charge in [-0.05, 0) is 17.0 Å². The zero-order chi connectivity index (χ0) is 13.2. The van der Waals surface area contributed by atoms with Gasteiger partial charge in [-0.1, -0.05) is 69.3 Å². The molecule has 1 N–H and O–H groups in total. The highest BCUT2D eigenvalue weighted by Gasteiger charge is 2.29. The summed E-state index contributed by atoms with van der Waals surface area (Å²) in [7, 11) is 0. The normalized spacial score (nSPS) is 13.3. The van der Waals surface area contributed by atoms with Gasteiger partial charge >= 0.3 is 0 Å². The van der Waals surface area contributed by atoms with E-state index in [0.29, 0.717) is 5.75 Å². The van der Waals surface area contributed by atoms with Crippen LogP contribution in [0, 0.1) is 5.41 Å². The average Bonchev–Trinajstić information content (AvgIpc) is 2.32. The molecule has 1 atom stereocenters. The van der Waals surface area contributed by atoms with Gasteiger partial charge in [0.15, 0.2) is 0 Å². The van der Waals surface area contributed by atoms with Crippen molar-refractivity contribution in [2.75, 3.05) is 0 Å². The van der Waals surface area contributed by atoms with E-state index in [1.807, 2.05) is 36.4 Å². The molecule has 0 saturated heterocycles. The Bertz CT molecular complexity index is 509. The van der Waals surface area contributed by atoms with Crippen LogP contribution < -0.4 is 0 Å². The monoisotopic (exact) mass is 240 g/mol. The number of benzene rings is 2. The Morgan fingerprint density at radius 2 is 1.39 bits per heavy atom. The molecule has 18 heavy (non-hydrogen) atoms. The fourth-order valence-electron chi connectivity index (χ4n) is 2.52. The third-order valence-electron chi connectivity index (χ3n) is 3.25. The van der Waals surface area contributed by atoms with Gasteiger partial charge in [-0.3, -0.25) is 0 Å². The lowest BCUT2D eigenvalue weighted by atomic mass is 9.72. The largest absolute Gasteiger partial charge is 0.508 e. The molecule has 0 heterocycles. The van der Waals surface area contributed by atoms with Crippen molar-refractivity contribution < 1.29 is 5.11 Å². The van der Waals surface area contributed by atoms with Crippen LogP contribution in [0.5, 0.6) is 5.75 Å². The quantitative estimate of drug-likeness (QED) is 0.815. The van der Waals surface area contributed by atoms with Crippen LogP contribution in [0.3, 0.4) is 0 Å². The third kappa shape index (κ3) is 2.56. The second-order valence-corrected chi connectivity index (χ2v) is 5.77. The highest BCUT2D eigenvalue weighted by molar-refractivity contribution is 5.42. The number of hydrogen-bond acceptors (Lipinski definition) is 1. The van der Waals surface area contributed by atoms with E-state index in [4.69, 9.17) is 0 Å². The number of para-hydroxylation sites is 1. The molecule has 2 aromatic carbocycles. The maximum Gasteiger partial charge on any atom is 0.119 e. The Morgan fingerprint density at radius 3 is 1.94 bits per heavy atom. The zero-order valence-electron chi connectivity index (χ0n) is 11.2. The molecular formula is C17H20O. The highest BCUT2D eigenvalue weighted by atomic mass is 16.3. The predicted molar refractivity (Wildman–Crippen MR) is 75.8 cm³/mol. The van der Waals surface area contributed by atoms with Crippen LogP contribution in [-0.4, -0.2) is 5.11 Å². The molecule has 0 fully saturated rings. The molecule has 0 bridgehead atoms. The number of phenolic OH excluding ortho intramolecular Hbond substituents is 1. The molecule has 0 amide bonds. The van der Waals surface area contributed by atoms with Gasteiger partial charge in [-0.25, -0.2) is 0 Å². The summed E-state index contributed by atoms with van der Waals surface area (Å²) in [5, 5.41) is 10.1. The zero-order valence-corrected chi connectivity index (χ0v) is 11.2. The fourth-order valence-corrected chi connectivity index (χ4v) is 2.52.